The van der Waals surface area contributed by atoms with Crippen LogP contribution in [-0.4, -0.2) is 100 Å². The van der Waals surface area contributed by atoms with Crippen LogP contribution < -0.4 is 11.1 Å². The zero-order chi connectivity index (χ0) is 26.2. The molecule has 0 radical (unpaired) electrons. The van der Waals surface area contributed by atoms with Crippen molar-refractivity contribution >= 4 is 67.5 Å². The van der Waals surface area contributed by atoms with Crippen molar-refractivity contribution in [1.82, 2.24) is 20.1 Å². The maximum absolute atomic E-state index is 12.9. The Morgan fingerprint density at radius 1 is 1.39 bits per heavy atom. The molecule has 2 atom stereocenters. The summed E-state index contributed by atoms with van der Waals surface area (Å²) in [6, 6.07) is -1.07. The number of nitrogens with two attached hydrogens (primary N) is 1. The fourth-order valence-electron chi connectivity index (χ4n) is 4.09. The Balaban J connectivity index is 1.50. The van der Waals surface area contributed by atoms with Gasteiger partial charge in [-0.1, -0.05) is 5.16 Å². The molecule has 0 saturated carbocycles. The molecular weight excluding hydrogens is 536 g/mol. The van der Waals surface area contributed by atoms with Gasteiger partial charge in [-0.2, -0.15) is 0 Å². The first-order chi connectivity index (χ1) is 17.0. The molecule has 4 heterocycles. The van der Waals surface area contributed by atoms with E-state index in [0.29, 0.717) is 13.0 Å². The van der Waals surface area contributed by atoms with Gasteiger partial charge in [-0.15, -0.1) is 23.1 Å². The number of amides is 3. The van der Waals surface area contributed by atoms with E-state index in [1.807, 2.05) is 0 Å². The van der Waals surface area contributed by atoms with Crippen LogP contribution in [0.4, 0.5) is 5.13 Å². The first kappa shape index (κ1) is 25.9. The number of fused-ring (bicyclic) bond motifs is 1. The summed E-state index contributed by atoms with van der Waals surface area (Å²) >= 11 is 2.20. The van der Waals surface area contributed by atoms with Crippen molar-refractivity contribution in [2.45, 2.75) is 24.3 Å². The maximum atomic E-state index is 12.9. The quantitative estimate of drug-likeness (QED) is 0.187. The Morgan fingerprint density at radius 2 is 2.14 bits per heavy atom. The highest BCUT2D eigenvalue weighted by molar-refractivity contribution is 8.00. The molecular formula is C19H22N6O8S3. The van der Waals surface area contributed by atoms with E-state index in [9.17, 15) is 32.7 Å². The Morgan fingerprint density at radius 3 is 2.72 bits per heavy atom. The van der Waals surface area contributed by atoms with E-state index in [0.717, 1.165) is 28.0 Å². The number of aliphatic carboxylic acids is 1. The zero-order valence-electron chi connectivity index (χ0n) is 18.9. The second-order valence-corrected chi connectivity index (χ2v) is 12.1. The summed E-state index contributed by atoms with van der Waals surface area (Å²) in [6.45, 7) is 0.327. The van der Waals surface area contributed by atoms with E-state index in [1.165, 1.54) is 17.4 Å². The van der Waals surface area contributed by atoms with Crippen molar-refractivity contribution in [2.75, 3.05) is 36.8 Å². The molecule has 0 bridgehead atoms. The van der Waals surface area contributed by atoms with Crippen LogP contribution in [0.1, 0.15) is 18.5 Å². The molecule has 3 amide bonds. The van der Waals surface area contributed by atoms with Gasteiger partial charge in [0.25, 0.3) is 11.8 Å². The second kappa shape index (κ2) is 10.1. The summed E-state index contributed by atoms with van der Waals surface area (Å²) in [4.78, 5) is 60.4. The maximum Gasteiger partial charge on any atom is 0.352 e. The number of aromatic nitrogens is 1. The SMILES string of the molecule is CO/N=C(\C(=O)NC1C(=O)N2C(C(=O)O)=C(CS(=O)(=O)CN3CCCC3=O)CS[C@H]12)c1csc(N)n1. The van der Waals surface area contributed by atoms with Crippen molar-refractivity contribution in [3.05, 3.63) is 22.3 Å². The zero-order valence-corrected chi connectivity index (χ0v) is 21.3. The number of carbonyl (C=O) groups excluding carboxylic acids is 3. The number of β-lactam (4-membered cyclic amide) rings is 1. The van der Waals surface area contributed by atoms with Gasteiger partial charge in [0.05, 0.1) is 5.75 Å². The summed E-state index contributed by atoms with van der Waals surface area (Å²) in [5.41, 5.74) is 5.16. The number of nitrogen functional groups attached to an aromatic ring is 1. The number of nitrogens with zero attached hydrogens (tertiary/aromatic N) is 4. The minimum atomic E-state index is -3.86. The van der Waals surface area contributed by atoms with Crippen molar-refractivity contribution in [2.24, 2.45) is 5.16 Å². The molecule has 0 aromatic carbocycles. The number of likely N-dealkylation sites (tertiary alicyclic amines) is 1. The number of thioether (sulfide) groups is 1. The van der Waals surface area contributed by atoms with Crippen molar-refractivity contribution in [3.63, 3.8) is 0 Å². The Labute approximate surface area is 213 Å². The van der Waals surface area contributed by atoms with Crippen LogP contribution in [0, 0.1) is 0 Å². The number of carbonyl (C=O) groups is 4. The second-order valence-electron chi connectivity index (χ2n) is 8.09. The highest BCUT2D eigenvalue weighted by Gasteiger charge is 2.54. The van der Waals surface area contributed by atoms with Gasteiger partial charge in [0.15, 0.2) is 20.7 Å². The van der Waals surface area contributed by atoms with E-state index in [2.05, 4.69) is 15.5 Å². The smallest absolute Gasteiger partial charge is 0.352 e. The third-order valence-electron chi connectivity index (χ3n) is 5.62. The lowest BCUT2D eigenvalue weighted by Gasteiger charge is -2.49. The normalized spacial score (nSPS) is 22.4. The lowest BCUT2D eigenvalue weighted by atomic mass is 10.0. The Hall–Kier alpha value is -3.18. The van der Waals surface area contributed by atoms with Crippen molar-refractivity contribution < 1.29 is 37.5 Å². The number of thiazole rings is 1. The molecule has 14 nitrogen and oxygen atoms in total. The largest absolute Gasteiger partial charge is 0.477 e. The summed E-state index contributed by atoms with van der Waals surface area (Å²) in [5, 5.41) is 16.9. The van der Waals surface area contributed by atoms with Gasteiger partial charge in [0, 0.05) is 24.1 Å². The highest BCUT2D eigenvalue weighted by Crippen LogP contribution is 2.40. The summed E-state index contributed by atoms with van der Waals surface area (Å²) in [5.74, 6) is -4.31. The monoisotopic (exact) mass is 558 g/mol. The number of nitrogens with one attached hydrogen (secondary N) is 1. The van der Waals surface area contributed by atoms with Crippen LogP contribution in [0.25, 0.3) is 0 Å². The van der Waals surface area contributed by atoms with Gasteiger partial charge in [-0.3, -0.25) is 19.3 Å². The standard InChI is InChI=1S/C19H22N6O8S3/c1-33-23-12(10-6-35-19(20)21-10)15(27)22-13-16(28)25-14(18(29)30)9(5-34-17(13)25)7-36(31,32)8-24-4-2-3-11(24)26/h6,13,17H,2-5,7-8H2,1H3,(H2,20,21)(H,22,27)(H,29,30)/b23-12-/t13?,17-/m1/s1. The molecule has 4 rings (SSSR count). The number of hydrogen-bond acceptors (Lipinski definition) is 12. The van der Waals surface area contributed by atoms with E-state index >= 15 is 0 Å². The van der Waals surface area contributed by atoms with Crippen LogP contribution in [0.5, 0.6) is 0 Å². The molecule has 2 saturated heterocycles. The fraction of sp³-hybridized carbons (Fsp3) is 0.474. The molecule has 36 heavy (non-hydrogen) atoms. The number of carboxylic acid groups (broad SMARTS) is 1. The molecule has 2 fully saturated rings. The van der Waals surface area contributed by atoms with Gasteiger partial charge in [0.2, 0.25) is 5.91 Å². The van der Waals surface area contributed by atoms with Crippen LogP contribution in [0.2, 0.25) is 0 Å². The van der Waals surface area contributed by atoms with E-state index in [4.69, 9.17) is 10.6 Å². The molecule has 1 unspecified atom stereocenters. The van der Waals surface area contributed by atoms with E-state index in [-0.39, 0.29) is 40.2 Å². The number of oxime groups is 1. The molecule has 194 valence electrons. The minimum absolute atomic E-state index is 0.0112. The van der Waals surface area contributed by atoms with E-state index in [1.54, 1.807) is 0 Å². The summed E-state index contributed by atoms with van der Waals surface area (Å²) < 4.78 is 25.4. The van der Waals surface area contributed by atoms with Crippen molar-refractivity contribution in [1.29, 1.82) is 0 Å². The molecule has 17 heteroatoms. The first-order valence-electron chi connectivity index (χ1n) is 10.5. The molecule has 0 aliphatic carbocycles. The molecule has 1 aromatic rings. The minimum Gasteiger partial charge on any atom is -0.477 e. The topological polar surface area (TPSA) is 202 Å². The number of carboxylic acids is 1. The van der Waals surface area contributed by atoms with E-state index < -0.39 is 56.4 Å². The molecule has 3 aliphatic heterocycles. The summed E-state index contributed by atoms with van der Waals surface area (Å²) in [7, 11) is -2.63. The molecule has 1 aromatic heterocycles. The number of rotatable bonds is 9. The predicted molar refractivity (Wildman–Crippen MR) is 129 cm³/mol. The third-order valence-corrected chi connectivity index (χ3v) is 9.12. The van der Waals surface area contributed by atoms with Crippen LogP contribution in [-0.2, 0) is 33.9 Å². The van der Waals surface area contributed by atoms with Gasteiger partial charge >= 0.3 is 5.97 Å². The van der Waals surface area contributed by atoms with Crippen LogP contribution in [0.3, 0.4) is 0 Å². The number of hydrogen-bond donors (Lipinski definition) is 3. The van der Waals surface area contributed by atoms with Crippen LogP contribution >= 0.6 is 23.1 Å². The predicted octanol–water partition coefficient (Wildman–Crippen LogP) is -1.19. The average molecular weight is 559 g/mol. The third kappa shape index (κ3) is 5.03. The average Bonchev–Trinajstić information content (AvgIpc) is 3.42. The summed E-state index contributed by atoms with van der Waals surface area (Å²) in [6.07, 6.45) is 0.842. The van der Waals surface area contributed by atoms with Gasteiger partial charge in [-0.05, 0) is 12.0 Å². The molecule has 0 spiro atoms. The number of anilines is 1. The Kier molecular flexibility index (Phi) is 7.24. The molecule has 4 N–H and O–H groups in total. The lowest BCUT2D eigenvalue weighted by molar-refractivity contribution is -0.150. The lowest BCUT2D eigenvalue weighted by Crippen LogP contribution is -2.71. The van der Waals surface area contributed by atoms with Crippen LogP contribution in [0.15, 0.2) is 21.8 Å². The molecule has 3 aliphatic rings. The number of sulfone groups is 1. The van der Waals surface area contributed by atoms with Gasteiger partial charge < -0.3 is 25.9 Å². The van der Waals surface area contributed by atoms with Gasteiger partial charge in [0.1, 0.15) is 35.8 Å². The highest BCUT2D eigenvalue weighted by atomic mass is 32.2. The first-order valence-corrected chi connectivity index (χ1v) is 14.3. The van der Waals surface area contributed by atoms with Crippen molar-refractivity contribution in [3.8, 4) is 0 Å². The van der Waals surface area contributed by atoms with Gasteiger partial charge in [-0.25, -0.2) is 18.2 Å². The Bertz CT molecular complexity index is 1290. The fourth-order valence-corrected chi connectivity index (χ4v) is 7.72.